The highest BCUT2D eigenvalue weighted by Crippen LogP contribution is 2.36. The Labute approximate surface area is 171 Å². The second-order valence-corrected chi connectivity index (χ2v) is 6.86. The largest absolute Gasteiger partial charge is 0.210 e. The molecule has 0 heterocycles. The highest BCUT2D eigenvalue weighted by Gasteiger charge is 2.15. The van der Waals surface area contributed by atoms with Crippen LogP contribution in [0.25, 0.3) is 11.1 Å². The third-order valence-corrected chi connectivity index (χ3v) is 4.94. The van der Waals surface area contributed by atoms with E-state index in [0.29, 0.717) is 6.54 Å². The molecular weight excluding hydrogens is 352 g/mol. The van der Waals surface area contributed by atoms with E-state index < -0.39 is 0 Å². The van der Waals surface area contributed by atoms with Crippen LogP contribution in [0.2, 0.25) is 0 Å². The summed E-state index contributed by atoms with van der Waals surface area (Å²) in [7, 11) is 0. The fourth-order valence-corrected chi connectivity index (χ4v) is 3.59. The summed E-state index contributed by atoms with van der Waals surface area (Å²) in [5, 5.41) is 3.51. The van der Waals surface area contributed by atoms with Crippen LogP contribution in [0.3, 0.4) is 0 Å². The molecule has 0 fully saturated rings. The molecule has 0 radical (unpaired) electrons. The Morgan fingerprint density at radius 3 is 1.17 bits per heavy atom. The molecular formula is C27H22N2. The standard InChI is InChI=1S/C27H22N2/c28-29-20-21-16-18-25(19-17-21)27(24-14-8-3-9-15-24)26(22-10-4-1-5-11-22)23-12-6-2-7-13-23/h1-19,28H,20H2. The predicted octanol–water partition coefficient (Wildman–Crippen LogP) is 7.22. The van der Waals surface area contributed by atoms with Gasteiger partial charge in [-0.3, -0.25) is 0 Å². The summed E-state index contributed by atoms with van der Waals surface area (Å²) in [6.45, 7) is 0.412. The first kappa shape index (κ1) is 18.6. The first-order valence-corrected chi connectivity index (χ1v) is 9.70. The predicted molar refractivity (Wildman–Crippen MR) is 120 cm³/mol. The quantitative estimate of drug-likeness (QED) is 0.273. The van der Waals surface area contributed by atoms with Gasteiger partial charge in [-0.1, -0.05) is 115 Å². The Morgan fingerprint density at radius 2 is 0.828 bits per heavy atom. The normalized spacial score (nSPS) is 10.3. The molecule has 0 atom stereocenters. The zero-order valence-electron chi connectivity index (χ0n) is 16.1. The van der Waals surface area contributed by atoms with Gasteiger partial charge in [-0.15, -0.1) is 0 Å². The molecule has 0 saturated heterocycles. The maximum Gasteiger partial charge on any atom is 0.0846 e. The van der Waals surface area contributed by atoms with Gasteiger partial charge < -0.3 is 0 Å². The van der Waals surface area contributed by atoms with Gasteiger partial charge in [0.1, 0.15) is 0 Å². The smallest absolute Gasteiger partial charge is 0.0846 e. The van der Waals surface area contributed by atoms with Gasteiger partial charge in [0.25, 0.3) is 0 Å². The molecule has 0 aliphatic rings. The molecule has 0 spiro atoms. The van der Waals surface area contributed by atoms with E-state index in [1.165, 1.54) is 27.8 Å². The molecule has 4 aromatic rings. The van der Waals surface area contributed by atoms with Gasteiger partial charge in [-0.2, -0.15) is 5.11 Å². The van der Waals surface area contributed by atoms with E-state index in [0.717, 1.165) is 11.1 Å². The molecule has 4 rings (SSSR count). The Morgan fingerprint density at radius 1 is 0.483 bits per heavy atom. The number of hydrogen-bond acceptors (Lipinski definition) is 2. The lowest BCUT2D eigenvalue weighted by Crippen LogP contribution is -1.97. The first-order valence-electron chi connectivity index (χ1n) is 9.70. The highest BCUT2D eigenvalue weighted by atomic mass is 14.9. The summed E-state index contributed by atoms with van der Waals surface area (Å²) >= 11 is 0. The van der Waals surface area contributed by atoms with E-state index in [1.807, 2.05) is 18.2 Å². The summed E-state index contributed by atoms with van der Waals surface area (Å²) in [6, 6.07) is 40.0. The molecule has 2 nitrogen and oxygen atoms in total. The van der Waals surface area contributed by atoms with E-state index in [9.17, 15) is 0 Å². The van der Waals surface area contributed by atoms with Gasteiger partial charge in [0.05, 0.1) is 6.54 Å². The van der Waals surface area contributed by atoms with Crippen molar-refractivity contribution in [2.45, 2.75) is 6.54 Å². The molecule has 0 aliphatic heterocycles. The Hall–Kier alpha value is -3.78. The zero-order valence-corrected chi connectivity index (χ0v) is 16.1. The van der Waals surface area contributed by atoms with Gasteiger partial charge in [0, 0.05) is 0 Å². The van der Waals surface area contributed by atoms with E-state index >= 15 is 0 Å². The molecule has 0 saturated carbocycles. The van der Waals surface area contributed by atoms with Crippen LogP contribution in [0.15, 0.2) is 120 Å². The number of nitrogens with one attached hydrogen (secondary N) is 1. The fraction of sp³-hybridized carbons (Fsp3) is 0.0370. The topological polar surface area (TPSA) is 36.2 Å². The average molecular weight is 374 g/mol. The molecule has 0 aromatic heterocycles. The molecule has 0 aliphatic carbocycles. The monoisotopic (exact) mass is 374 g/mol. The molecule has 4 aromatic carbocycles. The third kappa shape index (κ3) is 4.22. The Balaban J connectivity index is 2.02. The summed E-state index contributed by atoms with van der Waals surface area (Å²) in [5.41, 5.74) is 15.2. The van der Waals surface area contributed by atoms with Gasteiger partial charge in [0.15, 0.2) is 0 Å². The highest BCUT2D eigenvalue weighted by molar-refractivity contribution is 6.04. The van der Waals surface area contributed by atoms with Crippen LogP contribution < -0.4 is 0 Å². The number of hydrogen-bond donors (Lipinski definition) is 1. The lowest BCUT2D eigenvalue weighted by molar-refractivity contribution is 0.908. The van der Waals surface area contributed by atoms with Crippen molar-refractivity contribution in [1.82, 2.24) is 0 Å². The minimum absolute atomic E-state index is 0.412. The second-order valence-electron chi connectivity index (χ2n) is 6.86. The van der Waals surface area contributed by atoms with Crippen LogP contribution in [0.1, 0.15) is 27.8 Å². The van der Waals surface area contributed by atoms with Crippen LogP contribution in [0.5, 0.6) is 0 Å². The number of rotatable bonds is 6. The van der Waals surface area contributed by atoms with Crippen molar-refractivity contribution in [1.29, 1.82) is 5.53 Å². The summed E-state index contributed by atoms with van der Waals surface area (Å²) in [4.78, 5) is 0. The Kier molecular flexibility index (Phi) is 5.73. The van der Waals surface area contributed by atoms with Crippen molar-refractivity contribution in [3.8, 4) is 0 Å². The molecule has 2 heteroatoms. The Bertz CT molecular complexity index is 1060. The van der Waals surface area contributed by atoms with Crippen molar-refractivity contribution >= 4 is 11.1 Å². The maximum atomic E-state index is 7.12. The zero-order chi connectivity index (χ0) is 19.9. The number of benzene rings is 4. The summed E-state index contributed by atoms with van der Waals surface area (Å²) < 4.78 is 0. The first-order chi connectivity index (χ1) is 14.4. The van der Waals surface area contributed by atoms with Crippen molar-refractivity contribution in [2.24, 2.45) is 5.11 Å². The molecule has 29 heavy (non-hydrogen) atoms. The summed E-state index contributed by atoms with van der Waals surface area (Å²) in [6.07, 6.45) is 0. The lowest BCUT2D eigenvalue weighted by Gasteiger charge is -2.18. The van der Waals surface area contributed by atoms with Crippen LogP contribution in [-0.2, 0) is 6.54 Å². The van der Waals surface area contributed by atoms with E-state index in [-0.39, 0.29) is 0 Å². The van der Waals surface area contributed by atoms with Crippen LogP contribution in [0.4, 0.5) is 0 Å². The van der Waals surface area contributed by atoms with Gasteiger partial charge >= 0.3 is 0 Å². The summed E-state index contributed by atoms with van der Waals surface area (Å²) in [5.74, 6) is 0. The molecule has 0 amide bonds. The van der Waals surface area contributed by atoms with Gasteiger partial charge in [0.2, 0.25) is 0 Å². The number of nitrogens with zero attached hydrogens (tertiary/aromatic N) is 1. The van der Waals surface area contributed by atoms with Crippen molar-refractivity contribution in [3.05, 3.63) is 143 Å². The van der Waals surface area contributed by atoms with E-state index in [1.54, 1.807) is 0 Å². The van der Waals surface area contributed by atoms with Crippen molar-refractivity contribution in [2.75, 3.05) is 0 Å². The second kappa shape index (κ2) is 8.94. The van der Waals surface area contributed by atoms with Crippen LogP contribution in [0, 0.1) is 5.53 Å². The minimum Gasteiger partial charge on any atom is -0.210 e. The SMILES string of the molecule is N=NCc1ccc(C(=C(c2ccccc2)c2ccccc2)c2ccccc2)cc1. The molecule has 0 unspecified atom stereocenters. The third-order valence-electron chi connectivity index (χ3n) is 4.94. The minimum atomic E-state index is 0.412. The molecule has 0 bridgehead atoms. The fourth-order valence-electron chi connectivity index (χ4n) is 3.59. The molecule has 1 N–H and O–H groups in total. The van der Waals surface area contributed by atoms with Crippen LogP contribution in [-0.4, -0.2) is 0 Å². The van der Waals surface area contributed by atoms with Gasteiger partial charge in [-0.05, 0) is 39.0 Å². The molecule has 140 valence electrons. The lowest BCUT2D eigenvalue weighted by atomic mass is 9.85. The van der Waals surface area contributed by atoms with Crippen molar-refractivity contribution < 1.29 is 0 Å². The van der Waals surface area contributed by atoms with Crippen molar-refractivity contribution in [3.63, 3.8) is 0 Å². The van der Waals surface area contributed by atoms with Gasteiger partial charge in [-0.25, -0.2) is 5.53 Å². The maximum absolute atomic E-state index is 7.12. The van der Waals surface area contributed by atoms with E-state index in [4.69, 9.17) is 5.53 Å². The average Bonchev–Trinajstić information content (AvgIpc) is 2.80. The van der Waals surface area contributed by atoms with Crippen LogP contribution >= 0.6 is 0 Å². The van der Waals surface area contributed by atoms with E-state index in [2.05, 4.69) is 102 Å².